The maximum atomic E-state index is 13.0. The molecule has 1 N–H and O–H groups in total. The van der Waals surface area contributed by atoms with E-state index in [1.54, 1.807) is 6.33 Å². The Hall–Kier alpha value is -2.96. The van der Waals surface area contributed by atoms with E-state index in [1.807, 2.05) is 53.6 Å². The summed E-state index contributed by atoms with van der Waals surface area (Å²) in [7, 11) is 0. The molecule has 1 fully saturated rings. The van der Waals surface area contributed by atoms with Gasteiger partial charge in [0, 0.05) is 37.1 Å². The van der Waals surface area contributed by atoms with Crippen LogP contribution in [0.3, 0.4) is 0 Å². The minimum absolute atomic E-state index is 0.0533. The average Bonchev–Trinajstić information content (AvgIpc) is 2.97. The molecule has 26 heavy (non-hydrogen) atoms. The fourth-order valence-corrected chi connectivity index (χ4v) is 3.49. The second-order valence-electron chi connectivity index (χ2n) is 6.73. The van der Waals surface area contributed by atoms with Crippen LogP contribution in [-0.2, 0) is 0 Å². The van der Waals surface area contributed by atoms with Gasteiger partial charge in [-0.1, -0.05) is 6.07 Å². The van der Waals surface area contributed by atoms with Crippen LogP contribution >= 0.6 is 0 Å². The number of nitrogens with one attached hydrogen (secondary N) is 1. The molecule has 0 aliphatic carbocycles. The number of likely N-dealkylation sites (tertiary alicyclic amines) is 1. The third kappa shape index (κ3) is 3.12. The van der Waals surface area contributed by atoms with Crippen molar-refractivity contribution in [2.75, 3.05) is 18.4 Å². The second-order valence-corrected chi connectivity index (χ2v) is 6.73. The monoisotopic (exact) mass is 350 g/mol. The summed E-state index contributed by atoms with van der Waals surface area (Å²) in [6, 6.07) is 8.03. The lowest BCUT2D eigenvalue weighted by molar-refractivity contribution is 0.0710. The SMILES string of the molecule is Cc1cc(NC2CCN(C(=O)c3c(C)nc4ccccn34)CC2)ncn1. The molecule has 0 bridgehead atoms. The third-order valence-electron chi connectivity index (χ3n) is 4.84. The van der Waals surface area contributed by atoms with Crippen molar-refractivity contribution < 1.29 is 4.79 Å². The van der Waals surface area contributed by atoms with Crippen molar-refractivity contribution in [1.82, 2.24) is 24.3 Å². The summed E-state index contributed by atoms with van der Waals surface area (Å²) in [5.41, 5.74) is 3.19. The van der Waals surface area contributed by atoms with Crippen molar-refractivity contribution in [3.05, 3.63) is 53.9 Å². The molecule has 1 saturated heterocycles. The number of fused-ring (bicyclic) bond motifs is 1. The molecule has 0 saturated carbocycles. The summed E-state index contributed by atoms with van der Waals surface area (Å²) in [5, 5.41) is 3.45. The summed E-state index contributed by atoms with van der Waals surface area (Å²) in [4.78, 5) is 27.8. The van der Waals surface area contributed by atoms with E-state index in [9.17, 15) is 4.79 Å². The quantitative estimate of drug-likeness (QED) is 0.785. The van der Waals surface area contributed by atoms with Crippen LogP contribution in [0.4, 0.5) is 5.82 Å². The number of piperidine rings is 1. The van der Waals surface area contributed by atoms with Gasteiger partial charge in [0.1, 0.15) is 23.5 Å². The van der Waals surface area contributed by atoms with E-state index in [0.29, 0.717) is 11.7 Å². The molecule has 4 rings (SSSR count). The summed E-state index contributed by atoms with van der Waals surface area (Å²) in [5.74, 6) is 0.900. The number of carbonyl (C=O) groups excluding carboxylic acids is 1. The number of imidazole rings is 1. The van der Waals surface area contributed by atoms with Gasteiger partial charge in [0.25, 0.3) is 5.91 Å². The van der Waals surface area contributed by atoms with Gasteiger partial charge >= 0.3 is 0 Å². The summed E-state index contributed by atoms with van der Waals surface area (Å²) in [6.45, 7) is 5.29. The van der Waals surface area contributed by atoms with Crippen molar-refractivity contribution >= 4 is 17.4 Å². The first kappa shape index (κ1) is 16.5. The average molecular weight is 350 g/mol. The zero-order valence-corrected chi connectivity index (χ0v) is 15.0. The van der Waals surface area contributed by atoms with E-state index in [-0.39, 0.29) is 5.91 Å². The predicted molar refractivity (Wildman–Crippen MR) is 99.2 cm³/mol. The molecule has 3 aromatic heterocycles. The van der Waals surface area contributed by atoms with E-state index in [2.05, 4.69) is 20.3 Å². The smallest absolute Gasteiger partial charge is 0.272 e. The lowest BCUT2D eigenvalue weighted by Crippen LogP contribution is -2.43. The highest BCUT2D eigenvalue weighted by Crippen LogP contribution is 2.19. The Bertz CT molecular complexity index is 942. The number of anilines is 1. The Morgan fingerprint density at radius 1 is 1.19 bits per heavy atom. The van der Waals surface area contributed by atoms with Crippen LogP contribution in [0.25, 0.3) is 5.65 Å². The third-order valence-corrected chi connectivity index (χ3v) is 4.84. The van der Waals surface area contributed by atoms with Crippen molar-refractivity contribution in [2.45, 2.75) is 32.7 Å². The second kappa shape index (κ2) is 6.74. The largest absolute Gasteiger partial charge is 0.367 e. The Balaban J connectivity index is 1.44. The Morgan fingerprint density at radius 2 is 2.00 bits per heavy atom. The maximum absolute atomic E-state index is 13.0. The number of carbonyl (C=O) groups is 1. The molecule has 1 aliphatic heterocycles. The molecule has 0 spiro atoms. The van der Waals surface area contributed by atoms with Crippen molar-refractivity contribution in [3.8, 4) is 0 Å². The van der Waals surface area contributed by atoms with Gasteiger partial charge in [-0.05, 0) is 38.8 Å². The molecule has 134 valence electrons. The molecule has 0 atom stereocenters. The first-order valence-corrected chi connectivity index (χ1v) is 8.90. The summed E-state index contributed by atoms with van der Waals surface area (Å²) < 4.78 is 1.88. The number of nitrogens with zero attached hydrogens (tertiary/aromatic N) is 5. The van der Waals surface area contributed by atoms with E-state index in [1.165, 1.54) is 0 Å². The topological polar surface area (TPSA) is 75.4 Å². The first-order valence-electron chi connectivity index (χ1n) is 8.90. The van der Waals surface area contributed by atoms with Crippen LogP contribution < -0.4 is 5.32 Å². The Morgan fingerprint density at radius 3 is 2.77 bits per heavy atom. The number of amides is 1. The lowest BCUT2D eigenvalue weighted by atomic mass is 10.0. The van der Waals surface area contributed by atoms with Crippen molar-refractivity contribution in [3.63, 3.8) is 0 Å². The van der Waals surface area contributed by atoms with Crippen molar-refractivity contribution in [1.29, 1.82) is 0 Å². The summed E-state index contributed by atoms with van der Waals surface area (Å²) in [6.07, 6.45) is 5.26. The fraction of sp³-hybridized carbons (Fsp3) is 0.368. The molecular weight excluding hydrogens is 328 g/mol. The highest BCUT2D eigenvalue weighted by Gasteiger charge is 2.27. The van der Waals surface area contributed by atoms with E-state index >= 15 is 0 Å². The number of rotatable bonds is 3. The lowest BCUT2D eigenvalue weighted by Gasteiger charge is -2.32. The first-order chi connectivity index (χ1) is 12.6. The molecule has 3 aromatic rings. The van der Waals surface area contributed by atoms with Crippen LogP contribution in [-0.4, -0.2) is 49.3 Å². The molecular formula is C19H22N6O. The minimum Gasteiger partial charge on any atom is -0.367 e. The zero-order valence-electron chi connectivity index (χ0n) is 15.0. The number of hydrogen-bond donors (Lipinski definition) is 1. The van der Waals surface area contributed by atoms with E-state index in [4.69, 9.17) is 0 Å². The van der Waals surface area contributed by atoms with Crippen LogP contribution in [0.2, 0.25) is 0 Å². The molecule has 7 heteroatoms. The van der Waals surface area contributed by atoms with E-state index in [0.717, 1.165) is 48.8 Å². The van der Waals surface area contributed by atoms with Crippen LogP contribution in [0, 0.1) is 13.8 Å². The maximum Gasteiger partial charge on any atom is 0.272 e. The van der Waals surface area contributed by atoms with Crippen LogP contribution in [0.15, 0.2) is 36.8 Å². The molecule has 7 nitrogen and oxygen atoms in total. The molecule has 0 unspecified atom stereocenters. The van der Waals surface area contributed by atoms with Gasteiger partial charge in [0.2, 0.25) is 0 Å². The molecule has 1 amide bonds. The van der Waals surface area contributed by atoms with Gasteiger partial charge in [-0.3, -0.25) is 9.20 Å². The van der Waals surface area contributed by atoms with Gasteiger partial charge in [-0.2, -0.15) is 0 Å². The Kier molecular flexibility index (Phi) is 4.28. The standard InChI is InChI=1S/C19H22N6O/c1-13-11-16(21-12-20-13)23-15-6-9-24(10-7-15)19(26)18-14(2)22-17-5-3-4-8-25(17)18/h3-5,8,11-12,15H,6-7,9-10H2,1-2H3,(H,20,21,23). The normalized spacial score (nSPS) is 15.4. The Labute approximate surface area is 152 Å². The van der Waals surface area contributed by atoms with Gasteiger partial charge < -0.3 is 10.2 Å². The summed E-state index contributed by atoms with van der Waals surface area (Å²) >= 11 is 0. The van der Waals surface area contributed by atoms with Crippen LogP contribution in [0.1, 0.15) is 34.7 Å². The molecule has 0 radical (unpaired) electrons. The zero-order chi connectivity index (χ0) is 18.1. The van der Waals surface area contributed by atoms with Crippen LogP contribution in [0.5, 0.6) is 0 Å². The van der Waals surface area contributed by atoms with Gasteiger partial charge in [-0.25, -0.2) is 15.0 Å². The molecule has 1 aliphatic rings. The number of pyridine rings is 1. The number of aromatic nitrogens is 4. The minimum atomic E-state index is 0.0533. The fourth-order valence-electron chi connectivity index (χ4n) is 3.49. The number of hydrogen-bond acceptors (Lipinski definition) is 5. The predicted octanol–water partition coefficient (Wildman–Crippen LogP) is 2.46. The van der Waals surface area contributed by atoms with Gasteiger partial charge in [0.15, 0.2) is 0 Å². The highest BCUT2D eigenvalue weighted by molar-refractivity contribution is 5.94. The highest BCUT2D eigenvalue weighted by atomic mass is 16.2. The molecule has 4 heterocycles. The van der Waals surface area contributed by atoms with Crippen molar-refractivity contribution in [2.24, 2.45) is 0 Å². The van der Waals surface area contributed by atoms with E-state index < -0.39 is 0 Å². The van der Waals surface area contributed by atoms with Gasteiger partial charge in [-0.15, -0.1) is 0 Å². The molecule has 0 aromatic carbocycles. The number of aryl methyl sites for hydroxylation is 2. The van der Waals surface area contributed by atoms with Gasteiger partial charge in [0.05, 0.1) is 5.69 Å².